The average Bonchev–Trinajstić information content (AvgIpc) is 2.49. The maximum Gasteiger partial charge on any atom is 0.279 e. The first kappa shape index (κ1) is 13.5. The summed E-state index contributed by atoms with van der Waals surface area (Å²) in [6.07, 6.45) is 3.05. The van der Waals surface area contributed by atoms with E-state index < -0.39 is 4.92 Å². The number of aromatic nitrogens is 1. The number of halogens is 1. The van der Waals surface area contributed by atoms with Crippen LogP contribution in [0.1, 0.15) is 0 Å². The number of pyridine rings is 1. The Hall–Kier alpha value is -2.47. The Bertz CT molecular complexity index is 836. The molecule has 5 nitrogen and oxygen atoms in total. The molecule has 3 aromatic rings. The zero-order chi connectivity index (χ0) is 14.8. The predicted octanol–water partition coefficient (Wildman–Crippen LogP) is 4.70. The standard InChI is InChI=1S/C15H9BrN2O3/c16-12-3-1-2-4-15(12)21-14-6-5-13(18(19)20)11-9-17-8-7-10(11)14/h1-9H. The van der Waals surface area contributed by atoms with Gasteiger partial charge in [0, 0.05) is 23.8 Å². The molecule has 0 N–H and O–H groups in total. The third-order valence-corrected chi connectivity index (χ3v) is 3.66. The van der Waals surface area contributed by atoms with Crippen molar-refractivity contribution in [3.63, 3.8) is 0 Å². The van der Waals surface area contributed by atoms with Gasteiger partial charge in [-0.2, -0.15) is 0 Å². The third-order valence-electron chi connectivity index (χ3n) is 3.01. The van der Waals surface area contributed by atoms with Crippen molar-refractivity contribution >= 4 is 32.4 Å². The molecular formula is C15H9BrN2O3. The molecule has 1 heterocycles. The van der Waals surface area contributed by atoms with E-state index in [1.807, 2.05) is 24.3 Å². The van der Waals surface area contributed by atoms with Crippen LogP contribution in [0, 0.1) is 10.1 Å². The van der Waals surface area contributed by atoms with Gasteiger partial charge in [0.2, 0.25) is 0 Å². The van der Waals surface area contributed by atoms with Crippen LogP contribution >= 0.6 is 15.9 Å². The van der Waals surface area contributed by atoms with Crippen molar-refractivity contribution in [2.75, 3.05) is 0 Å². The van der Waals surface area contributed by atoms with E-state index in [9.17, 15) is 10.1 Å². The fraction of sp³-hybridized carbons (Fsp3) is 0. The molecular weight excluding hydrogens is 336 g/mol. The molecule has 21 heavy (non-hydrogen) atoms. The number of hydrogen-bond donors (Lipinski definition) is 0. The predicted molar refractivity (Wildman–Crippen MR) is 82.6 cm³/mol. The molecule has 6 heteroatoms. The van der Waals surface area contributed by atoms with Gasteiger partial charge in [-0.05, 0) is 40.2 Å². The van der Waals surface area contributed by atoms with Crippen LogP contribution < -0.4 is 4.74 Å². The second-order valence-corrected chi connectivity index (χ2v) is 5.15. The van der Waals surface area contributed by atoms with E-state index in [1.54, 1.807) is 18.3 Å². The van der Waals surface area contributed by atoms with E-state index >= 15 is 0 Å². The van der Waals surface area contributed by atoms with Crippen LogP contribution in [0.3, 0.4) is 0 Å². The van der Waals surface area contributed by atoms with Crippen LogP contribution in [0.25, 0.3) is 10.8 Å². The lowest BCUT2D eigenvalue weighted by molar-refractivity contribution is -0.383. The normalized spacial score (nSPS) is 10.5. The first-order valence-corrected chi connectivity index (χ1v) is 6.89. The molecule has 0 saturated heterocycles. The van der Waals surface area contributed by atoms with Gasteiger partial charge in [-0.1, -0.05) is 12.1 Å². The molecule has 0 saturated carbocycles. The molecule has 2 aromatic carbocycles. The van der Waals surface area contributed by atoms with Crippen LogP contribution in [0.15, 0.2) is 59.3 Å². The lowest BCUT2D eigenvalue weighted by atomic mass is 10.1. The fourth-order valence-corrected chi connectivity index (χ4v) is 2.41. The Morgan fingerprint density at radius 3 is 2.62 bits per heavy atom. The maximum atomic E-state index is 11.1. The van der Waals surface area contributed by atoms with Crippen LogP contribution in [0.4, 0.5) is 5.69 Å². The topological polar surface area (TPSA) is 65.3 Å². The molecule has 0 spiro atoms. The smallest absolute Gasteiger partial charge is 0.279 e. The van der Waals surface area contributed by atoms with Gasteiger partial charge < -0.3 is 4.74 Å². The number of hydrogen-bond acceptors (Lipinski definition) is 4. The van der Waals surface area contributed by atoms with Gasteiger partial charge in [0.05, 0.1) is 14.8 Å². The summed E-state index contributed by atoms with van der Waals surface area (Å²) in [5, 5.41) is 12.2. The zero-order valence-electron chi connectivity index (χ0n) is 10.7. The average molecular weight is 345 g/mol. The number of benzene rings is 2. The highest BCUT2D eigenvalue weighted by molar-refractivity contribution is 9.10. The van der Waals surface area contributed by atoms with Gasteiger partial charge in [0.1, 0.15) is 11.5 Å². The summed E-state index contributed by atoms with van der Waals surface area (Å²) in [7, 11) is 0. The Labute approximate surface area is 128 Å². The number of fused-ring (bicyclic) bond motifs is 1. The second-order valence-electron chi connectivity index (χ2n) is 4.29. The van der Waals surface area contributed by atoms with Gasteiger partial charge >= 0.3 is 0 Å². The summed E-state index contributed by atoms with van der Waals surface area (Å²) in [6.45, 7) is 0. The van der Waals surface area contributed by atoms with E-state index in [1.165, 1.54) is 12.3 Å². The van der Waals surface area contributed by atoms with Crippen LogP contribution in [-0.2, 0) is 0 Å². The third kappa shape index (κ3) is 2.57. The molecule has 104 valence electrons. The minimum absolute atomic E-state index is 0.0116. The van der Waals surface area contributed by atoms with Crippen molar-refractivity contribution in [2.24, 2.45) is 0 Å². The quantitative estimate of drug-likeness (QED) is 0.510. The molecule has 0 radical (unpaired) electrons. The highest BCUT2D eigenvalue weighted by Gasteiger charge is 2.15. The first-order chi connectivity index (χ1) is 10.2. The maximum absolute atomic E-state index is 11.1. The second kappa shape index (κ2) is 5.49. The van der Waals surface area contributed by atoms with E-state index in [-0.39, 0.29) is 5.69 Å². The Morgan fingerprint density at radius 1 is 1.05 bits per heavy atom. The molecule has 0 unspecified atom stereocenters. The van der Waals surface area contributed by atoms with Crippen molar-refractivity contribution in [1.82, 2.24) is 4.98 Å². The Morgan fingerprint density at radius 2 is 1.86 bits per heavy atom. The zero-order valence-corrected chi connectivity index (χ0v) is 12.3. The van der Waals surface area contributed by atoms with E-state index in [2.05, 4.69) is 20.9 Å². The van der Waals surface area contributed by atoms with Gasteiger partial charge in [-0.3, -0.25) is 15.1 Å². The summed E-state index contributed by atoms with van der Waals surface area (Å²) in [5.74, 6) is 1.19. The monoisotopic (exact) mass is 344 g/mol. The molecule has 0 amide bonds. The SMILES string of the molecule is O=[N+]([O-])c1ccc(Oc2ccccc2Br)c2ccncc12. The largest absolute Gasteiger partial charge is 0.456 e. The summed E-state index contributed by atoms with van der Waals surface area (Å²) >= 11 is 3.41. The van der Waals surface area contributed by atoms with E-state index in [0.717, 1.165) is 4.47 Å². The number of ether oxygens (including phenoxy) is 1. The van der Waals surface area contributed by atoms with Gasteiger partial charge in [-0.15, -0.1) is 0 Å². The van der Waals surface area contributed by atoms with Crippen molar-refractivity contribution in [1.29, 1.82) is 0 Å². The van der Waals surface area contributed by atoms with Crippen LogP contribution in [-0.4, -0.2) is 9.91 Å². The fourth-order valence-electron chi connectivity index (χ4n) is 2.04. The van der Waals surface area contributed by atoms with Gasteiger partial charge in [0.15, 0.2) is 0 Å². The van der Waals surface area contributed by atoms with Crippen molar-refractivity contribution < 1.29 is 9.66 Å². The van der Waals surface area contributed by atoms with E-state index in [0.29, 0.717) is 22.3 Å². The number of para-hydroxylation sites is 1. The first-order valence-electron chi connectivity index (χ1n) is 6.10. The Kier molecular flexibility index (Phi) is 3.53. The number of rotatable bonds is 3. The summed E-state index contributed by atoms with van der Waals surface area (Å²) in [6, 6.07) is 12.2. The van der Waals surface area contributed by atoms with Crippen molar-refractivity contribution in [3.8, 4) is 11.5 Å². The molecule has 0 atom stereocenters. The summed E-state index contributed by atoms with van der Waals surface area (Å²) in [4.78, 5) is 14.6. The van der Waals surface area contributed by atoms with Crippen LogP contribution in [0.5, 0.6) is 11.5 Å². The highest BCUT2D eigenvalue weighted by atomic mass is 79.9. The van der Waals surface area contributed by atoms with Gasteiger partial charge in [-0.25, -0.2) is 0 Å². The lowest BCUT2D eigenvalue weighted by Crippen LogP contribution is -1.93. The molecule has 0 aliphatic heterocycles. The van der Waals surface area contributed by atoms with Crippen LogP contribution in [0.2, 0.25) is 0 Å². The molecule has 0 aliphatic rings. The van der Waals surface area contributed by atoms with E-state index in [4.69, 9.17) is 4.74 Å². The molecule has 3 rings (SSSR count). The lowest BCUT2D eigenvalue weighted by Gasteiger charge is -2.10. The number of nitro groups is 1. The molecule has 0 aliphatic carbocycles. The van der Waals surface area contributed by atoms with Crippen molar-refractivity contribution in [2.45, 2.75) is 0 Å². The minimum Gasteiger partial charge on any atom is -0.456 e. The number of nitro benzene ring substituents is 1. The number of non-ortho nitro benzene ring substituents is 1. The highest BCUT2D eigenvalue weighted by Crippen LogP contribution is 2.36. The molecule has 0 fully saturated rings. The van der Waals surface area contributed by atoms with Crippen molar-refractivity contribution in [3.05, 3.63) is 69.4 Å². The Balaban J connectivity index is 2.14. The molecule has 1 aromatic heterocycles. The number of nitrogens with zero attached hydrogens (tertiary/aromatic N) is 2. The summed E-state index contributed by atoms with van der Waals surface area (Å²) < 4.78 is 6.67. The minimum atomic E-state index is -0.424. The van der Waals surface area contributed by atoms with Gasteiger partial charge in [0.25, 0.3) is 5.69 Å². The molecule has 0 bridgehead atoms. The summed E-state index contributed by atoms with van der Waals surface area (Å²) in [5.41, 5.74) is 0.0116.